The van der Waals surface area contributed by atoms with E-state index in [-0.39, 0.29) is 16.7 Å². The molecule has 0 radical (unpaired) electrons. The van der Waals surface area contributed by atoms with E-state index in [1.807, 2.05) is 56.3 Å². The third-order valence-corrected chi connectivity index (χ3v) is 7.87. The Morgan fingerprint density at radius 3 is 2.58 bits per heavy atom. The lowest BCUT2D eigenvalue weighted by Gasteiger charge is -2.29. The maximum atomic E-state index is 13.6. The van der Waals surface area contributed by atoms with Crippen molar-refractivity contribution in [2.75, 3.05) is 31.2 Å². The summed E-state index contributed by atoms with van der Waals surface area (Å²) in [4.78, 5) is 33.8. The van der Waals surface area contributed by atoms with Crippen molar-refractivity contribution in [1.82, 2.24) is 14.9 Å². The molecule has 192 valence electrons. The van der Waals surface area contributed by atoms with Gasteiger partial charge in [0.15, 0.2) is 5.16 Å². The Morgan fingerprint density at radius 1 is 1.14 bits per heavy atom. The number of hydrogen-bond acceptors (Lipinski definition) is 6. The molecule has 0 bridgehead atoms. The number of aryl methyl sites for hydroxylation is 1. The largest absolute Gasteiger partial charge is 0.378 e. The predicted octanol–water partition coefficient (Wildman–Crippen LogP) is 4.53. The Balaban J connectivity index is 1.58. The summed E-state index contributed by atoms with van der Waals surface area (Å²) in [5.74, 6) is -0.0397. The summed E-state index contributed by atoms with van der Waals surface area (Å²) in [5, 5.41) is 3.95. The van der Waals surface area contributed by atoms with Crippen molar-refractivity contribution in [3.63, 3.8) is 0 Å². The number of benzene rings is 2. The van der Waals surface area contributed by atoms with Crippen LogP contribution in [0.15, 0.2) is 52.4 Å². The lowest BCUT2D eigenvalue weighted by atomic mass is 10.1. The van der Waals surface area contributed by atoms with Gasteiger partial charge in [-0.05, 0) is 43.5 Å². The molecule has 0 aliphatic carbocycles. The summed E-state index contributed by atoms with van der Waals surface area (Å²) < 4.78 is 7.23. The first kappa shape index (κ1) is 26.2. The second-order valence-corrected chi connectivity index (χ2v) is 10.4. The molecule has 1 amide bonds. The van der Waals surface area contributed by atoms with Crippen molar-refractivity contribution in [3.05, 3.63) is 63.9 Å². The second-order valence-electron chi connectivity index (χ2n) is 9.22. The first-order chi connectivity index (χ1) is 17.5. The standard InChI is InChI=1S/C28H36N4O3S/c1-4-6-13-32-27(34)23-18-22(31-14-16-35-17-15-31)11-12-24(23)30-28(32)36-25(5-2)26(33)29-19-21-9-7-20(3)8-10-21/h7-12,18,25H,4-6,13-17,19H2,1-3H3,(H,29,33). The lowest BCUT2D eigenvalue weighted by molar-refractivity contribution is -0.120. The summed E-state index contributed by atoms with van der Waals surface area (Å²) in [7, 11) is 0. The van der Waals surface area contributed by atoms with E-state index in [1.54, 1.807) is 4.57 Å². The molecule has 7 nitrogen and oxygen atoms in total. The molecule has 2 heterocycles. The monoisotopic (exact) mass is 508 g/mol. The summed E-state index contributed by atoms with van der Waals surface area (Å²) in [6.45, 7) is 10.2. The molecule has 4 rings (SSSR count). The average molecular weight is 509 g/mol. The van der Waals surface area contributed by atoms with E-state index in [0.29, 0.717) is 48.8 Å². The van der Waals surface area contributed by atoms with Crippen LogP contribution in [-0.2, 0) is 22.6 Å². The van der Waals surface area contributed by atoms with E-state index >= 15 is 0 Å². The van der Waals surface area contributed by atoms with Gasteiger partial charge in [-0.15, -0.1) is 0 Å². The minimum absolute atomic E-state index is 0.0397. The van der Waals surface area contributed by atoms with Crippen LogP contribution in [0.3, 0.4) is 0 Å². The minimum atomic E-state index is -0.333. The highest BCUT2D eigenvalue weighted by molar-refractivity contribution is 8.00. The number of thioether (sulfide) groups is 1. The first-order valence-electron chi connectivity index (χ1n) is 12.9. The normalized spacial score (nSPS) is 14.7. The molecule has 1 aromatic heterocycles. The number of morpholine rings is 1. The lowest BCUT2D eigenvalue weighted by Crippen LogP contribution is -2.36. The zero-order chi connectivity index (χ0) is 25.5. The average Bonchev–Trinajstić information content (AvgIpc) is 2.91. The predicted molar refractivity (Wildman–Crippen MR) is 147 cm³/mol. The number of aromatic nitrogens is 2. The molecule has 36 heavy (non-hydrogen) atoms. The molecule has 1 N–H and O–H groups in total. The molecule has 1 saturated heterocycles. The Kier molecular flexibility index (Phi) is 9.04. The molecule has 2 aromatic carbocycles. The molecule has 8 heteroatoms. The topological polar surface area (TPSA) is 76.5 Å². The second kappa shape index (κ2) is 12.4. The van der Waals surface area contributed by atoms with Gasteiger partial charge in [0.2, 0.25) is 5.91 Å². The summed E-state index contributed by atoms with van der Waals surface area (Å²) in [5.41, 5.74) is 3.90. The highest BCUT2D eigenvalue weighted by atomic mass is 32.2. The van der Waals surface area contributed by atoms with E-state index in [2.05, 4.69) is 17.1 Å². The number of rotatable bonds is 10. The number of unbranched alkanes of at least 4 members (excludes halogenated alkanes) is 1. The van der Waals surface area contributed by atoms with Gasteiger partial charge >= 0.3 is 0 Å². The first-order valence-corrected chi connectivity index (χ1v) is 13.7. The molecule has 1 atom stereocenters. The molecule has 1 unspecified atom stereocenters. The number of nitrogens with one attached hydrogen (secondary N) is 1. The summed E-state index contributed by atoms with van der Waals surface area (Å²) in [6.07, 6.45) is 2.49. The third kappa shape index (κ3) is 6.28. The third-order valence-electron chi connectivity index (χ3n) is 6.51. The molecular weight excluding hydrogens is 472 g/mol. The van der Waals surface area contributed by atoms with Crippen LogP contribution < -0.4 is 15.8 Å². The Bertz CT molecular complexity index is 1240. The number of amides is 1. The maximum Gasteiger partial charge on any atom is 0.262 e. The van der Waals surface area contributed by atoms with Gasteiger partial charge in [-0.3, -0.25) is 14.2 Å². The van der Waals surface area contributed by atoms with Crippen molar-refractivity contribution in [2.45, 2.75) is 63.5 Å². The van der Waals surface area contributed by atoms with E-state index in [1.165, 1.54) is 17.3 Å². The molecule has 1 aliphatic rings. The molecule has 0 saturated carbocycles. The van der Waals surface area contributed by atoms with Gasteiger partial charge in [0, 0.05) is 31.9 Å². The van der Waals surface area contributed by atoms with Crippen molar-refractivity contribution in [3.8, 4) is 0 Å². The van der Waals surface area contributed by atoms with Crippen LogP contribution in [0.1, 0.15) is 44.2 Å². The fourth-order valence-corrected chi connectivity index (χ4v) is 5.33. The smallest absolute Gasteiger partial charge is 0.262 e. The SMILES string of the molecule is CCCCn1c(SC(CC)C(=O)NCc2ccc(C)cc2)nc2ccc(N3CCOCC3)cc2c1=O. The summed E-state index contributed by atoms with van der Waals surface area (Å²) >= 11 is 1.39. The maximum absolute atomic E-state index is 13.6. The molecular formula is C28H36N4O3S. The van der Waals surface area contributed by atoms with E-state index in [4.69, 9.17) is 9.72 Å². The van der Waals surface area contributed by atoms with Crippen LogP contribution in [0, 0.1) is 6.92 Å². The Morgan fingerprint density at radius 2 is 1.89 bits per heavy atom. The van der Waals surface area contributed by atoms with Crippen LogP contribution in [0.5, 0.6) is 0 Å². The Hall–Kier alpha value is -2.84. The van der Waals surface area contributed by atoms with Crippen LogP contribution in [0.2, 0.25) is 0 Å². The van der Waals surface area contributed by atoms with Crippen molar-refractivity contribution in [1.29, 1.82) is 0 Å². The highest BCUT2D eigenvalue weighted by Gasteiger charge is 2.22. The van der Waals surface area contributed by atoms with Crippen LogP contribution in [-0.4, -0.2) is 47.0 Å². The fraction of sp³-hybridized carbons (Fsp3) is 0.464. The molecule has 0 spiro atoms. The quantitative estimate of drug-likeness (QED) is 0.320. The van der Waals surface area contributed by atoms with E-state index < -0.39 is 0 Å². The minimum Gasteiger partial charge on any atom is -0.378 e. The number of hydrogen-bond donors (Lipinski definition) is 1. The van der Waals surface area contributed by atoms with Crippen molar-refractivity contribution in [2.24, 2.45) is 0 Å². The van der Waals surface area contributed by atoms with Gasteiger partial charge in [-0.25, -0.2) is 4.98 Å². The molecule has 3 aromatic rings. The highest BCUT2D eigenvalue weighted by Crippen LogP contribution is 2.27. The van der Waals surface area contributed by atoms with Crippen molar-refractivity contribution >= 4 is 34.3 Å². The van der Waals surface area contributed by atoms with Crippen LogP contribution >= 0.6 is 11.8 Å². The van der Waals surface area contributed by atoms with Crippen molar-refractivity contribution < 1.29 is 9.53 Å². The molecule has 1 aliphatic heterocycles. The van der Waals surface area contributed by atoms with E-state index in [0.717, 1.165) is 37.2 Å². The van der Waals surface area contributed by atoms with Crippen LogP contribution in [0.25, 0.3) is 10.9 Å². The fourth-order valence-electron chi connectivity index (χ4n) is 4.27. The number of fused-ring (bicyclic) bond motifs is 1. The van der Waals surface area contributed by atoms with Crippen LogP contribution in [0.4, 0.5) is 5.69 Å². The van der Waals surface area contributed by atoms with E-state index in [9.17, 15) is 9.59 Å². The van der Waals surface area contributed by atoms with Gasteiger partial charge in [-0.1, -0.05) is 61.9 Å². The number of anilines is 1. The Labute approximate surface area is 217 Å². The number of nitrogens with zero attached hydrogens (tertiary/aromatic N) is 3. The number of ether oxygens (including phenoxy) is 1. The zero-order valence-corrected chi connectivity index (χ0v) is 22.3. The van der Waals surface area contributed by atoms with Gasteiger partial charge in [-0.2, -0.15) is 0 Å². The van der Waals surface area contributed by atoms with Gasteiger partial charge in [0.25, 0.3) is 5.56 Å². The van der Waals surface area contributed by atoms with Gasteiger partial charge in [0.05, 0.1) is 29.4 Å². The van der Waals surface area contributed by atoms with Gasteiger partial charge < -0.3 is 15.0 Å². The van der Waals surface area contributed by atoms with Gasteiger partial charge in [0.1, 0.15) is 0 Å². The summed E-state index contributed by atoms with van der Waals surface area (Å²) in [6, 6.07) is 14.1. The number of carbonyl (C=O) groups is 1. The number of carbonyl (C=O) groups excluding carboxylic acids is 1. The molecule has 1 fully saturated rings. The zero-order valence-electron chi connectivity index (χ0n) is 21.5.